The normalized spacial score (nSPS) is 10.4. The van der Waals surface area contributed by atoms with Gasteiger partial charge in [-0.25, -0.2) is 4.79 Å². The van der Waals surface area contributed by atoms with Crippen LogP contribution in [0.1, 0.15) is 33.2 Å². The first-order chi connectivity index (χ1) is 16.7. The highest BCUT2D eigenvalue weighted by molar-refractivity contribution is 9.10. The van der Waals surface area contributed by atoms with Crippen LogP contribution in [0.2, 0.25) is 10.0 Å². The predicted octanol–water partition coefficient (Wildman–Crippen LogP) is 6.66. The van der Waals surface area contributed by atoms with Gasteiger partial charge in [-0.15, -0.1) is 0 Å². The van der Waals surface area contributed by atoms with Crippen LogP contribution in [-0.2, 0) is 11.3 Å². The van der Waals surface area contributed by atoms with Gasteiger partial charge in [-0.1, -0.05) is 45.2 Å². The minimum Gasteiger partial charge on any atom is -0.496 e. The summed E-state index contributed by atoms with van der Waals surface area (Å²) < 4.78 is 11.1. The van der Waals surface area contributed by atoms with Crippen LogP contribution in [0, 0.1) is 0 Å². The van der Waals surface area contributed by atoms with Gasteiger partial charge in [0.25, 0.3) is 5.91 Å². The molecule has 0 radical (unpaired) electrons. The molecule has 0 unspecified atom stereocenters. The number of rotatable bonds is 7. The minimum absolute atomic E-state index is 0.108. The first kappa shape index (κ1) is 26.9. The average molecular weight is 596 g/mol. The molecule has 1 N–H and O–H groups in total. The van der Waals surface area contributed by atoms with Gasteiger partial charge in [0.15, 0.2) is 5.11 Å². The van der Waals surface area contributed by atoms with Crippen molar-refractivity contribution in [2.75, 3.05) is 18.6 Å². The molecule has 35 heavy (non-hydrogen) atoms. The summed E-state index contributed by atoms with van der Waals surface area (Å²) in [6.45, 7) is 2.18. The number of hydrogen-bond donors (Lipinski definition) is 1. The highest BCUT2D eigenvalue weighted by atomic mass is 79.9. The van der Waals surface area contributed by atoms with E-state index < -0.39 is 11.9 Å². The number of benzene rings is 3. The lowest BCUT2D eigenvalue weighted by Crippen LogP contribution is -2.42. The van der Waals surface area contributed by atoms with Gasteiger partial charge >= 0.3 is 5.97 Å². The van der Waals surface area contributed by atoms with Crippen LogP contribution < -0.4 is 15.0 Å². The number of esters is 1. The Bertz CT molecular complexity index is 1230. The summed E-state index contributed by atoms with van der Waals surface area (Å²) in [7, 11) is 1.48. The number of carbonyl (C=O) groups excluding carboxylic acids is 2. The number of hydrogen-bond acceptors (Lipinski definition) is 5. The van der Waals surface area contributed by atoms with Crippen LogP contribution in [0.3, 0.4) is 0 Å². The van der Waals surface area contributed by atoms with Crippen LogP contribution >= 0.6 is 51.3 Å². The molecule has 0 fully saturated rings. The molecule has 10 heteroatoms. The number of ether oxygens (including phenoxy) is 2. The number of halogens is 3. The maximum atomic E-state index is 13.1. The second-order valence-corrected chi connectivity index (χ2v) is 9.27. The first-order valence-electron chi connectivity index (χ1n) is 10.4. The summed E-state index contributed by atoms with van der Waals surface area (Å²) in [6, 6.07) is 16.9. The molecular formula is C25H21BrCl2N2O4S. The molecule has 3 aromatic carbocycles. The minimum atomic E-state index is -0.452. The van der Waals surface area contributed by atoms with Crippen molar-refractivity contribution in [2.45, 2.75) is 13.5 Å². The molecule has 6 nitrogen and oxygen atoms in total. The third kappa shape index (κ3) is 6.73. The lowest BCUT2D eigenvalue weighted by atomic mass is 10.1. The van der Waals surface area contributed by atoms with Crippen LogP contribution in [-0.4, -0.2) is 30.7 Å². The lowest BCUT2D eigenvalue weighted by molar-refractivity contribution is 0.0526. The Morgan fingerprint density at radius 2 is 1.71 bits per heavy atom. The van der Waals surface area contributed by atoms with Gasteiger partial charge in [0, 0.05) is 25.8 Å². The Morgan fingerprint density at radius 1 is 1.06 bits per heavy atom. The van der Waals surface area contributed by atoms with E-state index in [-0.39, 0.29) is 18.3 Å². The molecular weight excluding hydrogens is 575 g/mol. The zero-order chi connectivity index (χ0) is 25.5. The van der Waals surface area contributed by atoms with Gasteiger partial charge in [0.2, 0.25) is 0 Å². The molecule has 0 aliphatic carbocycles. The zero-order valence-corrected chi connectivity index (χ0v) is 22.7. The quantitative estimate of drug-likeness (QED) is 0.243. The van der Waals surface area contributed by atoms with E-state index in [1.54, 1.807) is 72.5 Å². The number of amides is 1. The van der Waals surface area contributed by atoms with Crippen LogP contribution in [0.4, 0.5) is 5.69 Å². The second kappa shape index (κ2) is 12.4. The Morgan fingerprint density at radius 3 is 2.31 bits per heavy atom. The highest BCUT2D eigenvalue weighted by Crippen LogP contribution is 2.29. The molecule has 0 atom stereocenters. The SMILES string of the molecule is CCOC(=O)c1ccc(N(Cc2c(Cl)cccc2Cl)C(=S)NC(=O)c2cc(Br)ccc2OC)cc1. The third-order valence-electron chi connectivity index (χ3n) is 4.94. The Balaban J connectivity index is 1.95. The maximum absolute atomic E-state index is 13.1. The summed E-state index contributed by atoms with van der Waals surface area (Å²) in [4.78, 5) is 26.8. The van der Waals surface area contributed by atoms with E-state index in [0.717, 1.165) is 0 Å². The smallest absolute Gasteiger partial charge is 0.338 e. The first-order valence-corrected chi connectivity index (χ1v) is 12.4. The fraction of sp³-hybridized carbons (Fsp3) is 0.160. The Hall–Kier alpha value is -2.65. The van der Waals surface area contributed by atoms with Gasteiger partial charge in [-0.2, -0.15) is 0 Å². The molecule has 1 amide bonds. The van der Waals surface area contributed by atoms with E-state index in [1.165, 1.54) is 7.11 Å². The molecule has 0 heterocycles. The summed E-state index contributed by atoms with van der Waals surface area (Å²) in [5.41, 5.74) is 1.93. The van der Waals surface area contributed by atoms with Crippen LogP contribution in [0.5, 0.6) is 5.75 Å². The zero-order valence-electron chi connectivity index (χ0n) is 18.8. The molecule has 0 aliphatic heterocycles. The topological polar surface area (TPSA) is 67.9 Å². The van der Waals surface area contributed by atoms with E-state index in [0.29, 0.717) is 42.6 Å². The van der Waals surface area contributed by atoms with Crippen molar-refractivity contribution in [1.82, 2.24) is 5.32 Å². The number of methoxy groups -OCH3 is 1. The van der Waals surface area contributed by atoms with Crippen molar-refractivity contribution in [3.05, 3.63) is 91.9 Å². The molecule has 0 aliphatic rings. The number of thiocarbonyl (C=S) groups is 1. The number of nitrogens with one attached hydrogen (secondary N) is 1. The summed E-state index contributed by atoms with van der Waals surface area (Å²) in [5.74, 6) is -0.489. The lowest BCUT2D eigenvalue weighted by Gasteiger charge is -2.27. The summed E-state index contributed by atoms with van der Waals surface area (Å²) >= 11 is 21.8. The van der Waals surface area contributed by atoms with E-state index in [4.69, 9.17) is 44.9 Å². The van der Waals surface area contributed by atoms with Gasteiger partial charge in [-0.3, -0.25) is 10.1 Å². The van der Waals surface area contributed by atoms with E-state index in [9.17, 15) is 9.59 Å². The fourth-order valence-corrected chi connectivity index (χ4v) is 4.34. The molecule has 3 rings (SSSR count). The van der Waals surface area contributed by atoms with Crippen molar-refractivity contribution in [3.8, 4) is 5.75 Å². The molecule has 0 aromatic heterocycles. The highest BCUT2D eigenvalue weighted by Gasteiger charge is 2.21. The summed E-state index contributed by atoms with van der Waals surface area (Å²) in [5, 5.41) is 3.77. The van der Waals surface area contributed by atoms with Crippen molar-refractivity contribution in [3.63, 3.8) is 0 Å². The Kier molecular flexibility index (Phi) is 9.51. The maximum Gasteiger partial charge on any atom is 0.338 e. The van der Waals surface area contributed by atoms with Gasteiger partial charge in [-0.05, 0) is 73.7 Å². The van der Waals surface area contributed by atoms with Gasteiger partial charge < -0.3 is 14.4 Å². The van der Waals surface area contributed by atoms with Crippen molar-refractivity contribution in [2.24, 2.45) is 0 Å². The van der Waals surface area contributed by atoms with E-state index in [1.807, 2.05) is 0 Å². The molecule has 0 bridgehead atoms. The predicted molar refractivity (Wildman–Crippen MR) is 146 cm³/mol. The third-order valence-corrected chi connectivity index (χ3v) is 6.46. The number of carbonyl (C=O) groups is 2. The monoisotopic (exact) mass is 594 g/mol. The average Bonchev–Trinajstić information content (AvgIpc) is 2.84. The molecule has 0 saturated carbocycles. The van der Waals surface area contributed by atoms with Crippen LogP contribution in [0.15, 0.2) is 65.1 Å². The second-order valence-electron chi connectivity index (χ2n) is 7.16. The van der Waals surface area contributed by atoms with Gasteiger partial charge in [0.05, 0.1) is 31.4 Å². The number of nitrogens with zero attached hydrogens (tertiary/aromatic N) is 1. The van der Waals surface area contributed by atoms with Gasteiger partial charge in [0.1, 0.15) is 5.75 Å². The standard InChI is InChI=1S/C25H21BrCl2N2O4S/c1-3-34-24(32)15-7-10-17(11-8-15)30(14-19-20(27)5-4-6-21(19)28)25(35)29-23(31)18-13-16(26)9-12-22(18)33-2/h4-13H,3,14H2,1-2H3,(H,29,31,35). The molecule has 0 spiro atoms. The Labute approximate surface area is 227 Å². The van der Waals surface area contributed by atoms with Crippen LogP contribution in [0.25, 0.3) is 0 Å². The van der Waals surface area contributed by atoms with E-state index >= 15 is 0 Å². The summed E-state index contributed by atoms with van der Waals surface area (Å²) in [6.07, 6.45) is 0. The molecule has 182 valence electrons. The van der Waals surface area contributed by atoms with E-state index in [2.05, 4.69) is 21.2 Å². The largest absolute Gasteiger partial charge is 0.496 e. The van der Waals surface area contributed by atoms with Crippen molar-refractivity contribution < 1.29 is 19.1 Å². The van der Waals surface area contributed by atoms with Crippen molar-refractivity contribution >= 4 is 74.0 Å². The number of anilines is 1. The van der Waals surface area contributed by atoms with Crippen molar-refractivity contribution in [1.29, 1.82) is 0 Å². The molecule has 0 saturated heterocycles. The molecule has 3 aromatic rings. The fourth-order valence-electron chi connectivity index (χ4n) is 3.20.